The van der Waals surface area contributed by atoms with Crippen LogP contribution in [0.5, 0.6) is 5.75 Å². The average Bonchev–Trinajstić information content (AvgIpc) is 3.14. The highest BCUT2D eigenvalue weighted by atomic mass is 35.5. The lowest BCUT2D eigenvalue weighted by Gasteiger charge is -2.08. The molecule has 1 amide bonds. The number of amides is 1. The Morgan fingerprint density at radius 2 is 1.96 bits per heavy atom. The van der Waals surface area contributed by atoms with Gasteiger partial charge in [-0.05, 0) is 42.3 Å². The third kappa shape index (κ3) is 5.74. The zero-order valence-corrected chi connectivity index (χ0v) is 16.2. The number of thioether (sulfide) groups is 1. The second kappa shape index (κ2) is 9.43. The molecule has 6 nitrogen and oxygen atoms in total. The van der Waals surface area contributed by atoms with Crippen molar-refractivity contribution in [3.8, 4) is 5.75 Å². The number of rotatable bonds is 8. The molecule has 1 heterocycles. The number of carbonyl (C=O) groups is 1. The molecule has 0 aliphatic carbocycles. The zero-order valence-electron chi connectivity index (χ0n) is 14.6. The largest absolute Gasteiger partial charge is 0.484 e. The topological polar surface area (TPSA) is 77.2 Å². The molecule has 1 N–H and O–H groups in total. The van der Waals surface area contributed by atoms with Gasteiger partial charge in [0, 0.05) is 10.7 Å². The van der Waals surface area contributed by atoms with Crippen molar-refractivity contribution in [3.05, 3.63) is 65.0 Å². The molecule has 3 rings (SSSR count). The first-order chi connectivity index (χ1) is 13.1. The number of aromatic nitrogens is 2. The molecule has 0 unspecified atom stereocenters. The van der Waals surface area contributed by atoms with Crippen molar-refractivity contribution >= 4 is 35.0 Å². The van der Waals surface area contributed by atoms with Crippen LogP contribution < -0.4 is 10.1 Å². The highest BCUT2D eigenvalue weighted by Crippen LogP contribution is 2.20. The monoisotopic (exact) mass is 403 g/mol. The summed E-state index contributed by atoms with van der Waals surface area (Å²) in [6, 6.07) is 14.7. The zero-order chi connectivity index (χ0) is 19.1. The first-order valence-corrected chi connectivity index (χ1v) is 9.71. The number of carbonyl (C=O) groups excluding carboxylic acids is 1. The van der Waals surface area contributed by atoms with Crippen molar-refractivity contribution in [3.63, 3.8) is 0 Å². The Bertz CT molecular complexity index is 899. The lowest BCUT2D eigenvalue weighted by atomic mass is 10.1. The van der Waals surface area contributed by atoms with Gasteiger partial charge in [-0.3, -0.25) is 4.79 Å². The van der Waals surface area contributed by atoms with E-state index in [0.29, 0.717) is 21.9 Å². The molecule has 8 heteroatoms. The average molecular weight is 404 g/mol. The Kier molecular flexibility index (Phi) is 6.73. The molecule has 0 radical (unpaired) electrons. The quantitative estimate of drug-likeness (QED) is 0.554. The number of para-hydroxylation sites is 1. The normalized spacial score (nSPS) is 10.6. The van der Waals surface area contributed by atoms with E-state index < -0.39 is 0 Å². The van der Waals surface area contributed by atoms with E-state index in [1.54, 1.807) is 24.3 Å². The van der Waals surface area contributed by atoms with Gasteiger partial charge < -0.3 is 14.5 Å². The van der Waals surface area contributed by atoms with Gasteiger partial charge in [0.1, 0.15) is 5.75 Å². The standard InChI is InChI=1S/C19H18ClN3O3S/c1-2-13-5-3-4-6-16(13)21-17(24)12-27-19-23-22-18(26-19)11-25-15-9-7-14(20)8-10-15/h3-10H,2,11-12H2,1H3,(H,21,24). The smallest absolute Gasteiger partial charge is 0.277 e. The van der Waals surface area contributed by atoms with Crippen molar-refractivity contribution in [2.75, 3.05) is 11.1 Å². The number of hydrogen-bond acceptors (Lipinski definition) is 6. The lowest BCUT2D eigenvalue weighted by molar-refractivity contribution is -0.113. The number of nitrogens with one attached hydrogen (secondary N) is 1. The van der Waals surface area contributed by atoms with Gasteiger partial charge in [0.2, 0.25) is 5.91 Å². The summed E-state index contributed by atoms with van der Waals surface area (Å²) in [7, 11) is 0. The van der Waals surface area contributed by atoms with E-state index in [0.717, 1.165) is 17.7 Å². The third-order valence-corrected chi connectivity index (χ3v) is 4.69. The molecule has 0 saturated carbocycles. The fourth-order valence-corrected chi connectivity index (χ4v) is 3.00. The third-order valence-electron chi connectivity index (χ3n) is 3.62. The molecular formula is C19H18ClN3O3S. The van der Waals surface area contributed by atoms with E-state index in [9.17, 15) is 4.79 Å². The van der Waals surface area contributed by atoms with Crippen LogP contribution in [0.15, 0.2) is 58.2 Å². The fraction of sp³-hybridized carbons (Fsp3) is 0.211. The summed E-state index contributed by atoms with van der Waals surface area (Å²) in [5.74, 6) is 1.04. The van der Waals surface area contributed by atoms with E-state index in [2.05, 4.69) is 15.5 Å². The number of hydrogen-bond donors (Lipinski definition) is 1. The van der Waals surface area contributed by atoms with Crippen LogP contribution in [-0.2, 0) is 17.8 Å². The van der Waals surface area contributed by atoms with Crippen LogP contribution in [0.1, 0.15) is 18.4 Å². The lowest BCUT2D eigenvalue weighted by Crippen LogP contribution is -2.15. The van der Waals surface area contributed by atoms with E-state index in [4.69, 9.17) is 20.8 Å². The van der Waals surface area contributed by atoms with Crippen LogP contribution in [0.2, 0.25) is 5.02 Å². The van der Waals surface area contributed by atoms with Crippen LogP contribution in [0, 0.1) is 0 Å². The van der Waals surface area contributed by atoms with Crippen LogP contribution in [0.25, 0.3) is 0 Å². The number of anilines is 1. The van der Waals surface area contributed by atoms with Gasteiger partial charge in [-0.1, -0.05) is 48.5 Å². The maximum atomic E-state index is 12.1. The van der Waals surface area contributed by atoms with Crippen molar-refractivity contribution in [2.24, 2.45) is 0 Å². The predicted octanol–water partition coefficient (Wildman–Crippen LogP) is 4.60. The molecule has 0 spiro atoms. The predicted molar refractivity (Wildman–Crippen MR) is 105 cm³/mol. The second-order valence-electron chi connectivity index (χ2n) is 5.55. The second-order valence-corrected chi connectivity index (χ2v) is 6.91. The summed E-state index contributed by atoms with van der Waals surface area (Å²) >= 11 is 7.01. The Labute approximate surface area is 166 Å². The maximum Gasteiger partial charge on any atom is 0.277 e. The summed E-state index contributed by atoms with van der Waals surface area (Å²) in [5.41, 5.74) is 1.92. The minimum Gasteiger partial charge on any atom is -0.484 e. The molecule has 0 atom stereocenters. The molecule has 27 heavy (non-hydrogen) atoms. The maximum absolute atomic E-state index is 12.1. The molecule has 3 aromatic rings. The number of ether oxygens (including phenoxy) is 1. The molecule has 0 aliphatic rings. The van der Waals surface area contributed by atoms with Crippen molar-refractivity contribution in [1.29, 1.82) is 0 Å². The number of halogens is 1. The van der Waals surface area contributed by atoms with Gasteiger partial charge in [-0.25, -0.2) is 0 Å². The summed E-state index contributed by atoms with van der Waals surface area (Å²) in [4.78, 5) is 12.1. The number of aryl methyl sites for hydroxylation is 1. The Morgan fingerprint density at radius 1 is 1.19 bits per heavy atom. The molecule has 0 aliphatic heterocycles. The Hall–Kier alpha value is -2.51. The van der Waals surface area contributed by atoms with Crippen LogP contribution in [0.4, 0.5) is 5.69 Å². The summed E-state index contributed by atoms with van der Waals surface area (Å²) in [6.45, 7) is 2.19. The molecule has 2 aromatic carbocycles. The Morgan fingerprint density at radius 3 is 2.74 bits per heavy atom. The Balaban J connectivity index is 1.47. The number of benzene rings is 2. The first kappa shape index (κ1) is 19.3. The minimum absolute atomic E-state index is 0.127. The van der Waals surface area contributed by atoms with E-state index in [-0.39, 0.29) is 18.3 Å². The van der Waals surface area contributed by atoms with Gasteiger partial charge >= 0.3 is 0 Å². The van der Waals surface area contributed by atoms with Gasteiger partial charge in [-0.2, -0.15) is 0 Å². The molecule has 1 aromatic heterocycles. The van der Waals surface area contributed by atoms with Crippen LogP contribution in [0.3, 0.4) is 0 Å². The fourth-order valence-electron chi connectivity index (χ4n) is 2.29. The number of nitrogens with zero attached hydrogens (tertiary/aromatic N) is 2. The van der Waals surface area contributed by atoms with E-state index in [1.165, 1.54) is 11.8 Å². The summed E-state index contributed by atoms with van der Waals surface area (Å²) in [5, 5.41) is 11.7. The van der Waals surface area contributed by atoms with E-state index in [1.807, 2.05) is 31.2 Å². The molecule has 140 valence electrons. The summed E-state index contributed by atoms with van der Waals surface area (Å²) in [6.07, 6.45) is 0.851. The van der Waals surface area contributed by atoms with Crippen molar-refractivity contribution in [2.45, 2.75) is 25.2 Å². The van der Waals surface area contributed by atoms with Crippen LogP contribution in [-0.4, -0.2) is 21.9 Å². The molecule has 0 saturated heterocycles. The van der Waals surface area contributed by atoms with Gasteiger partial charge in [0.05, 0.1) is 5.75 Å². The highest BCUT2D eigenvalue weighted by Gasteiger charge is 2.11. The SMILES string of the molecule is CCc1ccccc1NC(=O)CSc1nnc(COc2ccc(Cl)cc2)o1. The summed E-state index contributed by atoms with van der Waals surface area (Å²) < 4.78 is 11.0. The molecule has 0 bridgehead atoms. The van der Waals surface area contributed by atoms with Crippen LogP contribution >= 0.6 is 23.4 Å². The molecule has 0 fully saturated rings. The van der Waals surface area contributed by atoms with E-state index >= 15 is 0 Å². The van der Waals surface area contributed by atoms with Gasteiger partial charge in [0.25, 0.3) is 11.1 Å². The first-order valence-electron chi connectivity index (χ1n) is 8.35. The van der Waals surface area contributed by atoms with Crippen molar-refractivity contribution in [1.82, 2.24) is 10.2 Å². The van der Waals surface area contributed by atoms with Gasteiger partial charge in [0.15, 0.2) is 6.61 Å². The molecular weight excluding hydrogens is 386 g/mol. The highest BCUT2D eigenvalue weighted by molar-refractivity contribution is 7.99. The van der Waals surface area contributed by atoms with Gasteiger partial charge in [-0.15, -0.1) is 10.2 Å². The minimum atomic E-state index is -0.127. The van der Waals surface area contributed by atoms with Crippen molar-refractivity contribution < 1.29 is 13.9 Å².